The summed E-state index contributed by atoms with van der Waals surface area (Å²) in [7, 11) is -2.44. The zero-order valence-corrected chi connectivity index (χ0v) is 18.5. The second kappa shape index (κ2) is 8.91. The summed E-state index contributed by atoms with van der Waals surface area (Å²) in [6.07, 6.45) is 3.51. The van der Waals surface area contributed by atoms with Crippen LogP contribution in [0.25, 0.3) is 0 Å². The van der Waals surface area contributed by atoms with E-state index in [0.29, 0.717) is 6.04 Å². The van der Waals surface area contributed by atoms with Crippen molar-refractivity contribution in [1.82, 2.24) is 5.32 Å². The highest BCUT2D eigenvalue weighted by Gasteiger charge is 2.51. The Balaban J connectivity index is 1.98. The Bertz CT molecular complexity index is 662. The summed E-state index contributed by atoms with van der Waals surface area (Å²) in [4.78, 5) is 0. The quantitative estimate of drug-likeness (QED) is 0.551. The average Bonchev–Trinajstić information content (AvgIpc) is 3.12. The van der Waals surface area contributed by atoms with Crippen molar-refractivity contribution in [2.45, 2.75) is 57.2 Å². The molecular formula is C23H32ClNOSi. The van der Waals surface area contributed by atoms with Crippen molar-refractivity contribution in [2.24, 2.45) is 0 Å². The van der Waals surface area contributed by atoms with Gasteiger partial charge in [-0.05, 0) is 34.7 Å². The molecule has 1 heterocycles. The Kier molecular flexibility index (Phi) is 6.80. The van der Waals surface area contributed by atoms with E-state index in [-0.39, 0.29) is 11.1 Å². The first-order valence-electron chi connectivity index (χ1n) is 10.1. The van der Waals surface area contributed by atoms with Gasteiger partial charge in [0.15, 0.2) is 0 Å². The van der Waals surface area contributed by atoms with Crippen molar-refractivity contribution in [3.63, 3.8) is 0 Å². The Morgan fingerprint density at radius 1 is 1.00 bits per heavy atom. The molecule has 1 saturated heterocycles. The summed E-state index contributed by atoms with van der Waals surface area (Å²) < 4.78 is 7.19. The van der Waals surface area contributed by atoms with Gasteiger partial charge in [-0.3, -0.25) is 0 Å². The van der Waals surface area contributed by atoms with E-state index in [2.05, 4.69) is 86.8 Å². The number of rotatable bonds is 7. The maximum atomic E-state index is 7.19. The van der Waals surface area contributed by atoms with Gasteiger partial charge in [-0.25, -0.2) is 0 Å². The number of alkyl halides is 1. The third-order valence-electron chi connectivity index (χ3n) is 5.63. The lowest BCUT2D eigenvalue weighted by atomic mass is 10.1. The zero-order valence-electron chi connectivity index (χ0n) is 16.7. The van der Waals surface area contributed by atoms with Gasteiger partial charge in [-0.1, -0.05) is 81.4 Å². The SMILES string of the molecule is CC(C)(C)[Si](O[C@@H]1CNC(CCCCl)C1)(c1ccccc1)c1ccccc1. The van der Waals surface area contributed by atoms with Crippen molar-refractivity contribution in [2.75, 3.05) is 12.4 Å². The van der Waals surface area contributed by atoms with Crippen molar-refractivity contribution in [1.29, 1.82) is 0 Å². The summed E-state index contributed by atoms with van der Waals surface area (Å²) in [5, 5.41) is 6.40. The molecular weight excluding hydrogens is 370 g/mol. The lowest BCUT2D eigenvalue weighted by Gasteiger charge is -2.44. The summed E-state index contributed by atoms with van der Waals surface area (Å²) in [6.45, 7) is 7.95. The standard InChI is InChI=1S/C23H32ClNOSi/c1-23(2,3)27(21-12-6-4-7-13-21,22-14-8-5-9-15-22)26-20-17-19(25-18-20)11-10-16-24/h4-9,12-15,19-20,25H,10-11,16-18H2,1-3H3/t19?,20-/m0/s1. The van der Waals surface area contributed by atoms with Crippen LogP contribution in [-0.4, -0.2) is 32.9 Å². The van der Waals surface area contributed by atoms with Crippen LogP contribution in [-0.2, 0) is 4.43 Å². The molecule has 0 radical (unpaired) electrons. The molecule has 0 bridgehead atoms. The number of halogens is 1. The molecule has 1 unspecified atom stereocenters. The van der Waals surface area contributed by atoms with Crippen molar-refractivity contribution in [3.05, 3.63) is 60.7 Å². The fraction of sp³-hybridized carbons (Fsp3) is 0.478. The van der Waals surface area contributed by atoms with Crippen LogP contribution in [0.5, 0.6) is 0 Å². The summed E-state index contributed by atoms with van der Waals surface area (Å²) in [5.41, 5.74) is 0. The third-order valence-corrected chi connectivity index (χ3v) is 11.0. The second-order valence-electron chi connectivity index (χ2n) is 8.58. The van der Waals surface area contributed by atoms with Crippen LogP contribution in [0.3, 0.4) is 0 Å². The molecule has 0 saturated carbocycles. The molecule has 1 fully saturated rings. The van der Waals surface area contributed by atoms with Crippen LogP contribution in [0.1, 0.15) is 40.0 Å². The van der Waals surface area contributed by atoms with E-state index in [0.717, 1.165) is 31.7 Å². The highest BCUT2D eigenvalue weighted by molar-refractivity contribution is 6.99. The lowest BCUT2D eigenvalue weighted by molar-refractivity contribution is 0.204. The lowest BCUT2D eigenvalue weighted by Crippen LogP contribution is -2.67. The minimum absolute atomic E-state index is 0.0317. The molecule has 0 aliphatic carbocycles. The molecule has 27 heavy (non-hydrogen) atoms. The fourth-order valence-corrected chi connectivity index (χ4v) is 9.21. The van der Waals surface area contributed by atoms with Gasteiger partial charge in [0.05, 0.1) is 6.10 Å². The zero-order chi connectivity index (χ0) is 19.3. The van der Waals surface area contributed by atoms with E-state index in [1.807, 2.05) is 0 Å². The molecule has 3 rings (SSSR count). The Morgan fingerprint density at radius 3 is 2.04 bits per heavy atom. The van der Waals surface area contributed by atoms with Crippen molar-refractivity contribution >= 4 is 30.3 Å². The van der Waals surface area contributed by atoms with Crippen LogP contribution in [0, 0.1) is 0 Å². The molecule has 2 nitrogen and oxygen atoms in total. The normalized spacial score (nSPS) is 20.7. The first kappa shape index (κ1) is 20.6. The van der Waals surface area contributed by atoms with Crippen LogP contribution in [0.2, 0.25) is 5.04 Å². The molecule has 1 aliphatic heterocycles. The summed E-state index contributed by atoms with van der Waals surface area (Å²) in [5.74, 6) is 0.735. The van der Waals surface area contributed by atoms with Gasteiger partial charge >= 0.3 is 0 Å². The van der Waals surface area contributed by atoms with Gasteiger partial charge in [-0.15, -0.1) is 11.6 Å². The van der Waals surface area contributed by atoms with Gasteiger partial charge in [0.1, 0.15) is 0 Å². The van der Waals surface area contributed by atoms with Gasteiger partial charge in [0, 0.05) is 18.5 Å². The van der Waals surface area contributed by atoms with Crippen molar-refractivity contribution in [3.8, 4) is 0 Å². The maximum absolute atomic E-state index is 7.19. The van der Waals surface area contributed by atoms with E-state index >= 15 is 0 Å². The predicted octanol–water partition coefficient (Wildman–Crippen LogP) is 4.31. The van der Waals surface area contributed by atoms with Crippen LogP contribution < -0.4 is 15.7 Å². The van der Waals surface area contributed by atoms with E-state index in [4.69, 9.17) is 16.0 Å². The molecule has 146 valence electrons. The molecule has 1 N–H and O–H groups in total. The molecule has 4 heteroatoms. The number of benzene rings is 2. The Morgan fingerprint density at radius 2 is 1.56 bits per heavy atom. The van der Waals surface area contributed by atoms with Crippen LogP contribution in [0.4, 0.5) is 0 Å². The molecule has 0 spiro atoms. The first-order valence-corrected chi connectivity index (χ1v) is 12.5. The van der Waals surface area contributed by atoms with Gasteiger partial charge in [0.2, 0.25) is 0 Å². The van der Waals surface area contributed by atoms with E-state index < -0.39 is 8.32 Å². The number of hydrogen-bond donors (Lipinski definition) is 1. The Labute approximate surface area is 170 Å². The summed E-state index contributed by atoms with van der Waals surface area (Å²) >= 11 is 5.89. The molecule has 0 amide bonds. The minimum atomic E-state index is -2.44. The predicted molar refractivity (Wildman–Crippen MR) is 119 cm³/mol. The number of nitrogens with one attached hydrogen (secondary N) is 1. The fourth-order valence-electron chi connectivity index (χ4n) is 4.36. The van der Waals surface area contributed by atoms with Crippen LogP contribution in [0.15, 0.2) is 60.7 Å². The van der Waals surface area contributed by atoms with Gasteiger partial charge in [-0.2, -0.15) is 0 Å². The van der Waals surface area contributed by atoms with Crippen LogP contribution >= 0.6 is 11.6 Å². The topological polar surface area (TPSA) is 21.3 Å². The number of hydrogen-bond acceptors (Lipinski definition) is 2. The van der Waals surface area contributed by atoms with Crippen molar-refractivity contribution < 1.29 is 4.43 Å². The minimum Gasteiger partial charge on any atom is -0.403 e. The van der Waals surface area contributed by atoms with E-state index in [1.165, 1.54) is 10.4 Å². The first-order chi connectivity index (χ1) is 13.0. The molecule has 1 aliphatic rings. The molecule has 0 aromatic heterocycles. The average molecular weight is 402 g/mol. The second-order valence-corrected chi connectivity index (χ2v) is 13.2. The van der Waals surface area contributed by atoms with Gasteiger partial charge < -0.3 is 9.74 Å². The van der Waals surface area contributed by atoms with Gasteiger partial charge in [0.25, 0.3) is 8.32 Å². The molecule has 2 atom stereocenters. The smallest absolute Gasteiger partial charge is 0.261 e. The highest BCUT2D eigenvalue weighted by Crippen LogP contribution is 2.38. The Hall–Kier alpha value is -1.13. The van der Waals surface area contributed by atoms with E-state index in [1.54, 1.807) is 0 Å². The van der Waals surface area contributed by atoms with E-state index in [9.17, 15) is 0 Å². The monoisotopic (exact) mass is 401 g/mol. The third kappa shape index (κ3) is 4.48. The highest BCUT2D eigenvalue weighted by atomic mass is 35.5. The largest absolute Gasteiger partial charge is 0.403 e. The summed E-state index contributed by atoms with van der Waals surface area (Å²) in [6, 6.07) is 22.3. The molecule has 2 aromatic carbocycles. The molecule has 2 aromatic rings. The maximum Gasteiger partial charge on any atom is 0.261 e.